The van der Waals surface area contributed by atoms with Crippen molar-refractivity contribution in [1.82, 2.24) is 15.5 Å². The van der Waals surface area contributed by atoms with Gasteiger partial charge in [-0.25, -0.2) is 0 Å². The lowest BCUT2D eigenvalue weighted by Gasteiger charge is -2.00. The minimum Gasteiger partial charge on any atom is -0.363 e. The maximum atomic E-state index is 10.6. The van der Waals surface area contributed by atoms with Crippen LogP contribution in [0.5, 0.6) is 0 Å². The van der Waals surface area contributed by atoms with Gasteiger partial charge >= 0.3 is 0 Å². The second-order valence-corrected chi connectivity index (χ2v) is 2.97. The van der Waals surface area contributed by atoms with Crippen molar-refractivity contribution in [3.8, 4) is 0 Å². The Morgan fingerprint density at radius 2 is 2.54 bits per heavy atom. The summed E-state index contributed by atoms with van der Waals surface area (Å²) in [6.07, 6.45) is 2.04. The van der Waals surface area contributed by atoms with Crippen LogP contribution in [0.4, 0.5) is 0 Å². The Labute approximate surface area is 74.5 Å². The average Bonchev–Trinajstić information content (AvgIpc) is 2.75. The molecule has 0 radical (unpaired) electrons. The van der Waals surface area contributed by atoms with Crippen molar-refractivity contribution < 1.29 is 9.32 Å². The smallest absolute Gasteiger partial charge is 0.290 e. The number of nitrogens with one attached hydrogen (secondary N) is 1. The number of carbonyl (C=O) groups excluding carboxylic acids is 1. The monoisotopic (exact) mass is 182 g/mol. The Balaban J connectivity index is 2.16. The summed E-state index contributed by atoms with van der Waals surface area (Å²) in [5.41, 5.74) is 4.98. The number of rotatable bonds is 2. The van der Waals surface area contributed by atoms with Crippen molar-refractivity contribution in [1.29, 1.82) is 0 Å². The van der Waals surface area contributed by atoms with Gasteiger partial charge in [0.15, 0.2) is 0 Å². The van der Waals surface area contributed by atoms with Crippen LogP contribution in [0.3, 0.4) is 0 Å². The molecule has 1 aromatic rings. The molecule has 1 aliphatic heterocycles. The fraction of sp³-hybridized carbons (Fsp3) is 0.571. The van der Waals surface area contributed by atoms with Crippen LogP contribution in [0.25, 0.3) is 0 Å². The molecule has 2 rings (SSSR count). The summed E-state index contributed by atoms with van der Waals surface area (Å²) in [5.74, 6) is -0.261. The lowest BCUT2D eigenvalue weighted by atomic mass is 10.2. The molecule has 6 heteroatoms. The Morgan fingerprint density at radius 3 is 3.08 bits per heavy atom. The van der Waals surface area contributed by atoms with Gasteiger partial charge in [0.25, 0.3) is 11.7 Å². The van der Waals surface area contributed by atoms with Crippen molar-refractivity contribution in [2.24, 2.45) is 5.73 Å². The molecule has 6 nitrogen and oxygen atoms in total. The van der Waals surface area contributed by atoms with Gasteiger partial charge in [-0.1, -0.05) is 5.16 Å². The van der Waals surface area contributed by atoms with Gasteiger partial charge < -0.3 is 15.6 Å². The first-order valence-corrected chi connectivity index (χ1v) is 4.14. The number of nitrogens with two attached hydrogens (primary N) is 1. The molecule has 0 saturated carbocycles. The molecular formula is C7H10N4O2. The van der Waals surface area contributed by atoms with Gasteiger partial charge in [-0.05, 0) is 19.4 Å². The van der Waals surface area contributed by atoms with E-state index in [0.717, 1.165) is 19.4 Å². The standard InChI is InChI=1S/C7H10N4O2/c8-5(12)6-10-7(13-11-6)4-2-1-3-9-4/h4,9H,1-3H2,(H2,8,12). The molecule has 70 valence electrons. The van der Waals surface area contributed by atoms with Crippen molar-refractivity contribution >= 4 is 5.91 Å². The van der Waals surface area contributed by atoms with Crippen LogP contribution in [0, 0.1) is 0 Å². The highest BCUT2D eigenvalue weighted by molar-refractivity contribution is 5.88. The first-order valence-electron chi connectivity index (χ1n) is 4.14. The lowest BCUT2D eigenvalue weighted by molar-refractivity contribution is 0.0987. The van der Waals surface area contributed by atoms with E-state index >= 15 is 0 Å². The topological polar surface area (TPSA) is 94.0 Å². The fourth-order valence-electron chi connectivity index (χ4n) is 1.37. The number of aromatic nitrogens is 2. The molecular weight excluding hydrogens is 172 g/mol. The van der Waals surface area contributed by atoms with Crippen LogP contribution in [0.1, 0.15) is 35.4 Å². The summed E-state index contributed by atoms with van der Waals surface area (Å²) in [4.78, 5) is 14.5. The highest BCUT2D eigenvalue weighted by atomic mass is 16.5. The number of hydrogen-bond donors (Lipinski definition) is 2. The quantitative estimate of drug-likeness (QED) is 0.648. The largest absolute Gasteiger partial charge is 0.363 e. The molecule has 2 heterocycles. The summed E-state index contributed by atoms with van der Waals surface area (Å²) in [6.45, 7) is 0.943. The zero-order valence-electron chi connectivity index (χ0n) is 6.99. The second kappa shape index (κ2) is 3.14. The van der Waals surface area contributed by atoms with Crippen LogP contribution in [-0.2, 0) is 0 Å². The average molecular weight is 182 g/mol. The maximum absolute atomic E-state index is 10.6. The molecule has 1 amide bonds. The van der Waals surface area contributed by atoms with Crippen molar-refractivity contribution in [3.05, 3.63) is 11.7 Å². The predicted molar refractivity (Wildman–Crippen MR) is 42.8 cm³/mol. The van der Waals surface area contributed by atoms with Crippen molar-refractivity contribution in [2.75, 3.05) is 6.54 Å². The van der Waals surface area contributed by atoms with Gasteiger partial charge in [-0.3, -0.25) is 4.79 Å². The molecule has 1 aliphatic rings. The number of primary amides is 1. The molecule has 13 heavy (non-hydrogen) atoms. The number of hydrogen-bond acceptors (Lipinski definition) is 5. The van der Waals surface area contributed by atoms with Gasteiger partial charge in [0.2, 0.25) is 5.89 Å². The van der Waals surface area contributed by atoms with Crippen LogP contribution < -0.4 is 11.1 Å². The summed E-state index contributed by atoms with van der Waals surface area (Å²) in [5, 5.41) is 6.64. The minimum atomic E-state index is -0.659. The van der Waals surface area contributed by atoms with Crippen LogP contribution in [-0.4, -0.2) is 22.6 Å². The van der Waals surface area contributed by atoms with E-state index in [9.17, 15) is 4.79 Å². The predicted octanol–water partition coefficient (Wildman–Crippen LogP) is -0.407. The molecule has 3 N–H and O–H groups in total. The van der Waals surface area contributed by atoms with E-state index in [2.05, 4.69) is 15.5 Å². The van der Waals surface area contributed by atoms with E-state index in [1.807, 2.05) is 0 Å². The van der Waals surface area contributed by atoms with Gasteiger partial charge in [0.1, 0.15) is 0 Å². The summed E-state index contributed by atoms with van der Waals surface area (Å²) in [7, 11) is 0. The SMILES string of the molecule is NC(=O)c1noc(C2CCCN2)n1. The third kappa shape index (κ3) is 1.52. The van der Waals surface area contributed by atoms with Gasteiger partial charge in [-0.2, -0.15) is 4.98 Å². The van der Waals surface area contributed by atoms with Crippen LogP contribution >= 0.6 is 0 Å². The van der Waals surface area contributed by atoms with Crippen LogP contribution in [0.2, 0.25) is 0 Å². The van der Waals surface area contributed by atoms with Crippen molar-refractivity contribution in [2.45, 2.75) is 18.9 Å². The summed E-state index contributed by atoms with van der Waals surface area (Å²) < 4.78 is 4.89. The van der Waals surface area contributed by atoms with Gasteiger partial charge in [0.05, 0.1) is 6.04 Å². The van der Waals surface area contributed by atoms with Crippen molar-refractivity contribution in [3.63, 3.8) is 0 Å². The van der Waals surface area contributed by atoms with E-state index in [4.69, 9.17) is 10.3 Å². The van der Waals surface area contributed by atoms with Gasteiger partial charge in [0, 0.05) is 0 Å². The summed E-state index contributed by atoms with van der Waals surface area (Å²) >= 11 is 0. The number of amides is 1. The van der Waals surface area contributed by atoms with E-state index in [1.165, 1.54) is 0 Å². The molecule has 0 aliphatic carbocycles. The second-order valence-electron chi connectivity index (χ2n) is 2.97. The Bertz CT molecular complexity index is 316. The van der Waals surface area contributed by atoms with Gasteiger partial charge in [-0.15, -0.1) is 0 Å². The normalized spacial score (nSPS) is 22.0. The molecule has 1 atom stereocenters. The molecule has 1 unspecified atom stereocenters. The molecule has 0 bridgehead atoms. The molecule has 0 spiro atoms. The molecule has 1 fully saturated rings. The molecule has 0 aromatic carbocycles. The maximum Gasteiger partial charge on any atom is 0.290 e. The lowest BCUT2D eigenvalue weighted by Crippen LogP contribution is -2.15. The minimum absolute atomic E-state index is 0.0521. The number of nitrogens with zero attached hydrogens (tertiary/aromatic N) is 2. The third-order valence-electron chi connectivity index (χ3n) is 2.02. The fourth-order valence-corrected chi connectivity index (χ4v) is 1.37. The first-order chi connectivity index (χ1) is 6.27. The Kier molecular flexibility index (Phi) is 1.97. The molecule has 1 aromatic heterocycles. The molecule has 1 saturated heterocycles. The van der Waals surface area contributed by atoms with E-state index in [1.54, 1.807) is 0 Å². The van der Waals surface area contributed by atoms with Crippen LogP contribution in [0.15, 0.2) is 4.52 Å². The highest BCUT2D eigenvalue weighted by Crippen LogP contribution is 2.20. The zero-order valence-corrected chi connectivity index (χ0v) is 6.99. The van der Waals surface area contributed by atoms with E-state index in [-0.39, 0.29) is 11.9 Å². The van der Waals surface area contributed by atoms with E-state index < -0.39 is 5.91 Å². The highest BCUT2D eigenvalue weighted by Gasteiger charge is 2.23. The first kappa shape index (κ1) is 8.18. The Hall–Kier alpha value is -1.43. The summed E-state index contributed by atoms with van der Waals surface area (Å²) in [6, 6.07) is 0.0839. The third-order valence-corrected chi connectivity index (χ3v) is 2.02. The Morgan fingerprint density at radius 1 is 1.69 bits per heavy atom. The zero-order chi connectivity index (χ0) is 9.26. The van der Waals surface area contributed by atoms with E-state index in [0.29, 0.717) is 5.89 Å². The number of carbonyl (C=O) groups is 1.